The van der Waals surface area contributed by atoms with Gasteiger partial charge in [0.2, 0.25) is 0 Å². The minimum absolute atomic E-state index is 0.0615. The maximum absolute atomic E-state index is 13.6. The van der Waals surface area contributed by atoms with Gasteiger partial charge in [-0.2, -0.15) is 0 Å². The van der Waals surface area contributed by atoms with Gasteiger partial charge in [-0.1, -0.05) is 0 Å². The molecule has 0 radical (unpaired) electrons. The van der Waals surface area contributed by atoms with Crippen molar-refractivity contribution >= 4 is 5.91 Å². The zero-order valence-electron chi connectivity index (χ0n) is 11.1. The third-order valence-electron chi connectivity index (χ3n) is 3.56. The van der Waals surface area contributed by atoms with Crippen molar-refractivity contribution in [2.45, 2.75) is 25.3 Å². The Kier molecular flexibility index (Phi) is 4.37. The van der Waals surface area contributed by atoms with Crippen LogP contribution in [0.15, 0.2) is 18.2 Å². The van der Waals surface area contributed by atoms with Gasteiger partial charge in [0.1, 0.15) is 0 Å². The number of halogens is 1. The van der Waals surface area contributed by atoms with E-state index in [4.69, 9.17) is 10.5 Å². The van der Waals surface area contributed by atoms with Crippen LogP contribution < -0.4 is 10.5 Å². The van der Waals surface area contributed by atoms with E-state index < -0.39 is 5.82 Å². The zero-order chi connectivity index (χ0) is 13.8. The van der Waals surface area contributed by atoms with Crippen molar-refractivity contribution in [2.75, 3.05) is 20.2 Å². The number of piperidine rings is 1. The van der Waals surface area contributed by atoms with Crippen LogP contribution in [0.3, 0.4) is 0 Å². The summed E-state index contributed by atoms with van der Waals surface area (Å²) in [6.45, 7) is 1.14. The SMILES string of the molecule is COc1ccc(C(=O)N2CCCCC2CN)cc1F. The van der Waals surface area contributed by atoms with E-state index in [1.165, 1.54) is 19.2 Å². The fourth-order valence-electron chi connectivity index (χ4n) is 2.48. The van der Waals surface area contributed by atoms with Crippen LogP contribution in [0, 0.1) is 5.82 Å². The molecule has 5 heteroatoms. The molecule has 1 unspecified atom stereocenters. The van der Waals surface area contributed by atoms with E-state index in [1.54, 1.807) is 11.0 Å². The summed E-state index contributed by atoms with van der Waals surface area (Å²) in [7, 11) is 1.40. The van der Waals surface area contributed by atoms with Crippen molar-refractivity contribution in [1.82, 2.24) is 4.90 Å². The molecule has 0 aliphatic carbocycles. The van der Waals surface area contributed by atoms with Gasteiger partial charge < -0.3 is 15.4 Å². The number of hydrogen-bond acceptors (Lipinski definition) is 3. The summed E-state index contributed by atoms with van der Waals surface area (Å²) in [6, 6.07) is 4.35. The summed E-state index contributed by atoms with van der Waals surface area (Å²) in [4.78, 5) is 14.1. The van der Waals surface area contributed by atoms with Crippen LogP contribution in [0.2, 0.25) is 0 Å². The van der Waals surface area contributed by atoms with E-state index in [0.29, 0.717) is 18.7 Å². The van der Waals surface area contributed by atoms with Crippen molar-refractivity contribution in [3.63, 3.8) is 0 Å². The van der Waals surface area contributed by atoms with Gasteiger partial charge in [-0.3, -0.25) is 4.79 Å². The normalized spacial score (nSPS) is 19.3. The highest BCUT2D eigenvalue weighted by molar-refractivity contribution is 5.94. The second-order valence-corrected chi connectivity index (χ2v) is 4.73. The molecule has 104 valence electrons. The molecule has 0 bridgehead atoms. The summed E-state index contributed by atoms with van der Waals surface area (Å²) in [5.41, 5.74) is 6.04. The Balaban J connectivity index is 2.20. The highest BCUT2D eigenvalue weighted by atomic mass is 19.1. The number of carbonyl (C=O) groups excluding carboxylic acids is 1. The van der Waals surface area contributed by atoms with E-state index in [2.05, 4.69) is 0 Å². The molecule has 1 atom stereocenters. The van der Waals surface area contributed by atoms with Crippen molar-refractivity contribution < 1.29 is 13.9 Å². The number of hydrogen-bond donors (Lipinski definition) is 1. The van der Waals surface area contributed by atoms with Gasteiger partial charge in [-0.05, 0) is 37.5 Å². The number of ether oxygens (including phenoxy) is 1. The molecule has 0 spiro atoms. The Labute approximate surface area is 112 Å². The molecule has 1 heterocycles. The van der Waals surface area contributed by atoms with Gasteiger partial charge in [-0.15, -0.1) is 0 Å². The first-order chi connectivity index (χ1) is 9.17. The molecule has 2 N–H and O–H groups in total. The van der Waals surface area contributed by atoms with Gasteiger partial charge in [0.05, 0.1) is 7.11 Å². The van der Waals surface area contributed by atoms with Crippen LogP contribution in [0.5, 0.6) is 5.75 Å². The van der Waals surface area contributed by atoms with Gasteiger partial charge in [0.15, 0.2) is 11.6 Å². The van der Waals surface area contributed by atoms with Crippen molar-refractivity contribution in [3.05, 3.63) is 29.6 Å². The zero-order valence-corrected chi connectivity index (χ0v) is 11.1. The summed E-state index contributed by atoms with van der Waals surface area (Å²) in [5, 5.41) is 0. The summed E-state index contributed by atoms with van der Waals surface area (Å²) >= 11 is 0. The Morgan fingerprint density at radius 3 is 2.95 bits per heavy atom. The Hall–Kier alpha value is -1.62. The van der Waals surface area contributed by atoms with E-state index in [-0.39, 0.29) is 17.7 Å². The molecular formula is C14H19FN2O2. The predicted molar refractivity (Wildman–Crippen MR) is 70.7 cm³/mol. The lowest BCUT2D eigenvalue weighted by Crippen LogP contribution is -2.47. The minimum Gasteiger partial charge on any atom is -0.494 e. The number of carbonyl (C=O) groups is 1. The van der Waals surface area contributed by atoms with Crippen molar-refractivity contribution in [2.24, 2.45) is 5.73 Å². The molecule has 1 amide bonds. The molecule has 1 aliphatic heterocycles. The molecule has 1 aliphatic rings. The first-order valence-electron chi connectivity index (χ1n) is 6.52. The quantitative estimate of drug-likeness (QED) is 0.907. The maximum Gasteiger partial charge on any atom is 0.254 e. The first-order valence-corrected chi connectivity index (χ1v) is 6.52. The van der Waals surface area contributed by atoms with Crippen molar-refractivity contribution in [3.8, 4) is 5.75 Å². The Morgan fingerprint density at radius 2 is 2.32 bits per heavy atom. The van der Waals surface area contributed by atoms with Crippen LogP contribution in [0.25, 0.3) is 0 Å². The topological polar surface area (TPSA) is 55.6 Å². The maximum atomic E-state index is 13.6. The monoisotopic (exact) mass is 266 g/mol. The highest BCUT2D eigenvalue weighted by Crippen LogP contribution is 2.22. The molecular weight excluding hydrogens is 247 g/mol. The predicted octanol–water partition coefficient (Wildman–Crippen LogP) is 1.79. The van der Waals surface area contributed by atoms with Gasteiger partial charge >= 0.3 is 0 Å². The molecule has 1 saturated heterocycles. The lowest BCUT2D eigenvalue weighted by atomic mass is 10.0. The van der Waals surface area contributed by atoms with Gasteiger partial charge in [0, 0.05) is 24.7 Å². The molecule has 1 aromatic carbocycles. The number of likely N-dealkylation sites (tertiary alicyclic amines) is 1. The van der Waals surface area contributed by atoms with E-state index >= 15 is 0 Å². The number of benzene rings is 1. The molecule has 4 nitrogen and oxygen atoms in total. The number of amides is 1. The average molecular weight is 266 g/mol. The van der Waals surface area contributed by atoms with Gasteiger partial charge in [0.25, 0.3) is 5.91 Å². The third-order valence-corrected chi connectivity index (χ3v) is 3.56. The molecule has 0 aromatic heterocycles. The third kappa shape index (κ3) is 2.87. The number of nitrogens with zero attached hydrogens (tertiary/aromatic N) is 1. The second kappa shape index (κ2) is 6.02. The van der Waals surface area contributed by atoms with E-state index in [0.717, 1.165) is 19.3 Å². The molecule has 1 aromatic rings. The van der Waals surface area contributed by atoms with Gasteiger partial charge in [-0.25, -0.2) is 4.39 Å². The van der Waals surface area contributed by atoms with Crippen LogP contribution in [-0.4, -0.2) is 37.0 Å². The molecule has 19 heavy (non-hydrogen) atoms. The average Bonchev–Trinajstić information content (AvgIpc) is 2.46. The summed E-state index contributed by atoms with van der Waals surface area (Å²) in [6.07, 6.45) is 2.98. The number of rotatable bonds is 3. The molecule has 0 saturated carbocycles. The lowest BCUT2D eigenvalue weighted by molar-refractivity contribution is 0.0623. The Morgan fingerprint density at radius 1 is 1.53 bits per heavy atom. The van der Waals surface area contributed by atoms with Crippen LogP contribution in [-0.2, 0) is 0 Å². The van der Waals surface area contributed by atoms with E-state index in [9.17, 15) is 9.18 Å². The summed E-state index contributed by atoms with van der Waals surface area (Å²) < 4.78 is 18.5. The highest BCUT2D eigenvalue weighted by Gasteiger charge is 2.26. The largest absolute Gasteiger partial charge is 0.494 e. The second-order valence-electron chi connectivity index (χ2n) is 4.73. The lowest BCUT2D eigenvalue weighted by Gasteiger charge is -2.35. The first kappa shape index (κ1) is 13.8. The Bertz CT molecular complexity index is 465. The van der Waals surface area contributed by atoms with Crippen LogP contribution in [0.1, 0.15) is 29.6 Å². The smallest absolute Gasteiger partial charge is 0.254 e. The van der Waals surface area contributed by atoms with Crippen LogP contribution >= 0.6 is 0 Å². The van der Waals surface area contributed by atoms with Crippen LogP contribution in [0.4, 0.5) is 4.39 Å². The van der Waals surface area contributed by atoms with Crippen molar-refractivity contribution in [1.29, 1.82) is 0 Å². The standard InChI is InChI=1S/C14H19FN2O2/c1-19-13-6-5-10(8-12(13)15)14(18)17-7-3-2-4-11(17)9-16/h5-6,8,11H,2-4,7,9,16H2,1H3. The molecule has 2 rings (SSSR count). The fraction of sp³-hybridized carbons (Fsp3) is 0.500. The fourth-order valence-corrected chi connectivity index (χ4v) is 2.48. The molecule has 1 fully saturated rings. The van der Waals surface area contributed by atoms with E-state index in [1.807, 2.05) is 0 Å². The summed E-state index contributed by atoms with van der Waals surface area (Å²) in [5.74, 6) is -0.531. The number of methoxy groups -OCH3 is 1. The number of nitrogens with two attached hydrogens (primary N) is 1. The minimum atomic E-state index is -0.519.